The van der Waals surface area contributed by atoms with Crippen LogP contribution in [0.1, 0.15) is 36.0 Å². The summed E-state index contributed by atoms with van der Waals surface area (Å²) in [5, 5.41) is 13.3. The second-order valence-electron chi connectivity index (χ2n) is 5.50. The van der Waals surface area contributed by atoms with Gasteiger partial charge in [0.25, 0.3) is 5.91 Å². The molecule has 1 heterocycles. The first kappa shape index (κ1) is 12.5. The summed E-state index contributed by atoms with van der Waals surface area (Å²) in [5.74, 6) is 0.0480. The fourth-order valence-corrected chi connectivity index (χ4v) is 2.74. The van der Waals surface area contributed by atoms with E-state index in [1.54, 1.807) is 24.3 Å². The Morgan fingerprint density at radius 1 is 1.32 bits per heavy atom. The number of phenols is 1. The molecule has 102 valence electrons. The van der Waals surface area contributed by atoms with Gasteiger partial charge in [0.05, 0.1) is 5.56 Å². The molecule has 0 spiro atoms. The minimum atomic E-state index is -0.0331. The second-order valence-corrected chi connectivity index (χ2v) is 5.50. The van der Waals surface area contributed by atoms with Gasteiger partial charge in [0.1, 0.15) is 5.75 Å². The zero-order valence-electron chi connectivity index (χ0n) is 11.0. The van der Waals surface area contributed by atoms with E-state index in [9.17, 15) is 9.90 Å². The first-order chi connectivity index (χ1) is 9.25. The molecule has 19 heavy (non-hydrogen) atoms. The number of aromatic hydroxyl groups is 1. The molecule has 1 atom stereocenters. The third-order valence-electron chi connectivity index (χ3n) is 3.96. The van der Waals surface area contributed by atoms with E-state index >= 15 is 0 Å². The molecule has 2 fully saturated rings. The van der Waals surface area contributed by atoms with Crippen molar-refractivity contribution in [3.8, 4) is 5.75 Å². The molecule has 4 heteroatoms. The lowest BCUT2D eigenvalue weighted by Crippen LogP contribution is -2.42. The summed E-state index contributed by atoms with van der Waals surface area (Å²) in [6.07, 6.45) is 4.50. The molecule has 1 amide bonds. The number of carbonyl (C=O) groups excluding carboxylic acids is 1. The maximum atomic E-state index is 12.6. The molecule has 1 saturated heterocycles. The number of rotatable bonds is 4. The molecule has 1 unspecified atom stereocenters. The van der Waals surface area contributed by atoms with Gasteiger partial charge in [-0.2, -0.15) is 0 Å². The maximum Gasteiger partial charge on any atom is 0.257 e. The van der Waals surface area contributed by atoms with Crippen molar-refractivity contribution in [1.82, 2.24) is 10.2 Å². The number of hydrogen-bond acceptors (Lipinski definition) is 3. The lowest BCUT2D eigenvalue weighted by atomic mass is 10.1. The van der Waals surface area contributed by atoms with E-state index in [1.165, 1.54) is 6.42 Å². The Morgan fingerprint density at radius 2 is 2.11 bits per heavy atom. The number of nitrogens with one attached hydrogen (secondary N) is 1. The molecule has 0 radical (unpaired) electrons. The summed E-state index contributed by atoms with van der Waals surface area (Å²) in [6.45, 7) is 1.81. The Kier molecular flexibility index (Phi) is 3.42. The highest BCUT2D eigenvalue weighted by molar-refractivity contribution is 5.97. The highest BCUT2D eigenvalue weighted by atomic mass is 16.3. The second kappa shape index (κ2) is 5.21. The Bertz CT molecular complexity index is 465. The van der Waals surface area contributed by atoms with Crippen molar-refractivity contribution < 1.29 is 9.90 Å². The number of benzene rings is 1. The van der Waals surface area contributed by atoms with Crippen molar-refractivity contribution in [3.63, 3.8) is 0 Å². The van der Waals surface area contributed by atoms with Crippen LogP contribution < -0.4 is 5.32 Å². The number of carbonyl (C=O) groups is 1. The van der Waals surface area contributed by atoms with Crippen LogP contribution in [0.2, 0.25) is 0 Å². The van der Waals surface area contributed by atoms with Crippen molar-refractivity contribution >= 4 is 5.91 Å². The van der Waals surface area contributed by atoms with Crippen LogP contribution in [0.5, 0.6) is 5.75 Å². The zero-order chi connectivity index (χ0) is 13.2. The maximum absolute atomic E-state index is 12.6. The molecule has 1 aliphatic heterocycles. The molecule has 2 aliphatic rings. The molecule has 0 aromatic heterocycles. The molecule has 4 nitrogen and oxygen atoms in total. The minimum Gasteiger partial charge on any atom is -0.507 e. The van der Waals surface area contributed by atoms with Crippen LogP contribution >= 0.6 is 0 Å². The molecule has 1 saturated carbocycles. The van der Waals surface area contributed by atoms with Gasteiger partial charge in [0, 0.05) is 18.6 Å². The summed E-state index contributed by atoms with van der Waals surface area (Å²) >= 11 is 0. The van der Waals surface area contributed by atoms with Gasteiger partial charge in [0.2, 0.25) is 0 Å². The molecule has 2 N–H and O–H groups in total. The molecule has 3 rings (SSSR count). The van der Waals surface area contributed by atoms with Gasteiger partial charge >= 0.3 is 0 Å². The van der Waals surface area contributed by atoms with Crippen molar-refractivity contribution in [1.29, 1.82) is 0 Å². The average molecular weight is 260 g/mol. The normalized spacial score (nSPS) is 22.4. The van der Waals surface area contributed by atoms with E-state index in [-0.39, 0.29) is 11.7 Å². The highest BCUT2D eigenvalue weighted by Gasteiger charge is 2.35. The highest BCUT2D eigenvalue weighted by Crippen LogP contribution is 2.30. The third kappa shape index (κ3) is 2.73. The topological polar surface area (TPSA) is 52.6 Å². The summed E-state index contributed by atoms with van der Waals surface area (Å²) in [7, 11) is 0. The van der Waals surface area contributed by atoms with E-state index in [2.05, 4.69) is 5.32 Å². The van der Waals surface area contributed by atoms with Gasteiger partial charge in [-0.05, 0) is 44.4 Å². The molecule has 1 aromatic carbocycles. The van der Waals surface area contributed by atoms with Gasteiger partial charge in [-0.1, -0.05) is 12.1 Å². The lowest BCUT2D eigenvalue weighted by Gasteiger charge is -2.26. The fraction of sp³-hybridized carbons (Fsp3) is 0.533. The number of phenolic OH excluding ortho intramolecular Hbond substituents is 1. The number of nitrogens with zero attached hydrogens (tertiary/aromatic N) is 1. The summed E-state index contributed by atoms with van der Waals surface area (Å²) in [4.78, 5) is 14.5. The van der Waals surface area contributed by atoms with Crippen LogP contribution in [0.15, 0.2) is 24.3 Å². The Morgan fingerprint density at radius 3 is 2.74 bits per heavy atom. The standard InChI is InChI=1S/C15H20N2O2/c18-14-6-2-1-5-13(14)15(19)17(12-7-8-12)10-11-4-3-9-16-11/h1-2,5-6,11-12,16,18H,3-4,7-10H2. The van der Waals surface area contributed by atoms with Crippen LogP contribution in [-0.4, -0.2) is 41.1 Å². The van der Waals surface area contributed by atoms with Gasteiger partial charge in [0.15, 0.2) is 0 Å². The van der Waals surface area contributed by atoms with E-state index in [4.69, 9.17) is 0 Å². The summed E-state index contributed by atoms with van der Waals surface area (Å²) < 4.78 is 0. The number of para-hydroxylation sites is 1. The van der Waals surface area contributed by atoms with Gasteiger partial charge in [-0.25, -0.2) is 0 Å². The van der Waals surface area contributed by atoms with Crippen LogP contribution in [0, 0.1) is 0 Å². The van der Waals surface area contributed by atoms with E-state index in [0.717, 1.165) is 32.4 Å². The smallest absolute Gasteiger partial charge is 0.257 e. The predicted octanol–water partition coefficient (Wildman–Crippen LogP) is 1.75. The molecule has 1 aromatic rings. The molecule has 1 aliphatic carbocycles. The average Bonchev–Trinajstić information content (AvgIpc) is 3.13. The Balaban J connectivity index is 1.76. The van der Waals surface area contributed by atoms with E-state index in [1.807, 2.05) is 4.90 Å². The van der Waals surface area contributed by atoms with Crippen LogP contribution in [0.3, 0.4) is 0 Å². The monoisotopic (exact) mass is 260 g/mol. The van der Waals surface area contributed by atoms with Crippen LogP contribution in [-0.2, 0) is 0 Å². The SMILES string of the molecule is O=C(c1ccccc1O)N(CC1CCCN1)C1CC1. The van der Waals surface area contributed by atoms with Gasteiger partial charge in [-0.3, -0.25) is 4.79 Å². The van der Waals surface area contributed by atoms with E-state index in [0.29, 0.717) is 17.6 Å². The van der Waals surface area contributed by atoms with Crippen molar-refractivity contribution in [2.24, 2.45) is 0 Å². The van der Waals surface area contributed by atoms with E-state index < -0.39 is 0 Å². The quantitative estimate of drug-likeness (QED) is 0.867. The molecule has 0 bridgehead atoms. The Hall–Kier alpha value is -1.55. The van der Waals surface area contributed by atoms with Crippen molar-refractivity contribution in [2.75, 3.05) is 13.1 Å². The first-order valence-corrected chi connectivity index (χ1v) is 7.08. The summed E-state index contributed by atoms with van der Waals surface area (Å²) in [5.41, 5.74) is 0.424. The lowest BCUT2D eigenvalue weighted by molar-refractivity contribution is 0.0725. The number of amides is 1. The largest absolute Gasteiger partial charge is 0.507 e. The van der Waals surface area contributed by atoms with Crippen molar-refractivity contribution in [2.45, 2.75) is 37.8 Å². The third-order valence-corrected chi connectivity index (χ3v) is 3.96. The van der Waals surface area contributed by atoms with Crippen LogP contribution in [0.4, 0.5) is 0 Å². The molecular formula is C15H20N2O2. The number of hydrogen-bond donors (Lipinski definition) is 2. The first-order valence-electron chi connectivity index (χ1n) is 7.08. The predicted molar refractivity (Wildman–Crippen MR) is 73.2 cm³/mol. The summed E-state index contributed by atoms with van der Waals surface area (Å²) in [6, 6.07) is 7.60. The van der Waals surface area contributed by atoms with Crippen LogP contribution in [0.25, 0.3) is 0 Å². The molecular weight excluding hydrogens is 240 g/mol. The van der Waals surface area contributed by atoms with Crippen molar-refractivity contribution in [3.05, 3.63) is 29.8 Å². The Labute approximate surface area is 113 Å². The van der Waals surface area contributed by atoms with Gasteiger partial charge in [-0.15, -0.1) is 0 Å². The zero-order valence-corrected chi connectivity index (χ0v) is 11.0. The fourth-order valence-electron chi connectivity index (χ4n) is 2.74. The van der Waals surface area contributed by atoms with Gasteiger partial charge < -0.3 is 15.3 Å². The minimum absolute atomic E-state index is 0.0331.